The van der Waals surface area contributed by atoms with Gasteiger partial charge in [-0.3, -0.25) is 4.79 Å². The van der Waals surface area contributed by atoms with Crippen LogP contribution in [-0.4, -0.2) is 24.5 Å². The fraction of sp³-hybridized carbons (Fsp3) is 0.286. The molecule has 1 N–H and O–H groups in total. The molecular weight excluding hydrogens is 244 g/mol. The van der Waals surface area contributed by atoms with E-state index < -0.39 is 0 Å². The number of nitrogens with zero attached hydrogens (tertiary/aromatic N) is 1. The fourth-order valence-electron chi connectivity index (χ4n) is 1.67. The van der Waals surface area contributed by atoms with E-state index in [0.717, 1.165) is 17.7 Å². The lowest BCUT2D eigenvalue weighted by molar-refractivity contribution is 0.0949. The van der Waals surface area contributed by atoms with Crippen molar-refractivity contribution >= 4 is 5.91 Å². The van der Waals surface area contributed by atoms with E-state index >= 15 is 0 Å². The molecule has 2 aromatic rings. The van der Waals surface area contributed by atoms with E-state index in [-0.39, 0.29) is 5.91 Å². The first kappa shape index (κ1) is 13.1. The van der Waals surface area contributed by atoms with Gasteiger partial charge in [0.25, 0.3) is 5.91 Å². The van der Waals surface area contributed by atoms with Gasteiger partial charge in [-0.2, -0.15) is 0 Å². The van der Waals surface area contributed by atoms with Gasteiger partial charge in [0.2, 0.25) is 0 Å². The van der Waals surface area contributed by atoms with Crippen molar-refractivity contribution in [2.45, 2.75) is 13.3 Å². The summed E-state index contributed by atoms with van der Waals surface area (Å²) in [5.41, 5.74) is 1.45. The second kappa shape index (κ2) is 6.04. The lowest BCUT2D eigenvalue weighted by Gasteiger charge is -2.04. The zero-order valence-electron chi connectivity index (χ0n) is 11.0. The Balaban J connectivity index is 1.81. The Labute approximate surface area is 111 Å². The number of hydrogen-bond acceptors (Lipinski definition) is 4. The van der Waals surface area contributed by atoms with E-state index in [4.69, 9.17) is 9.15 Å². The van der Waals surface area contributed by atoms with Gasteiger partial charge in [0, 0.05) is 13.5 Å². The predicted molar refractivity (Wildman–Crippen MR) is 70.3 cm³/mol. The summed E-state index contributed by atoms with van der Waals surface area (Å²) in [6.07, 6.45) is 2.12. The van der Waals surface area contributed by atoms with E-state index in [9.17, 15) is 4.79 Å². The lowest BCUT2D eigenvalue weighted by atomic mass is 10.1. The van der Waals surface area contributed by atoms with Crippen LogP contribution >= 0.6 is 0 Å². The lowest BCUT2D eigenvalue weighted by Crippen LogP contribution is -2.25. The van der Waals surface area contributed by atoms with Crippen molar-refractivity contribution in [3.05, 3.63) is 47.7 Å². The average Bonchev–Trinajstić information content (AvgIpc) is 2.86. The number of nitrogens with one attached hydrogen (secondary N) is 1. The number of hydrogen-bond donors (Lipinski definition) is 1. The van der Waals surface area contributed by atoms with Crippen LogP contribution in [0.4, 0.5) is 0 Å². The van der Waals surface area contributed by atoms with Crippen LogP contribution in [0.5, 0.6) is 5.75 Å². The Morgan fingerprint density at radius 2 is 2.11 bits per heavy atom. The standard InChI is InChI=1S/C14H16N2O3/c1-10-16-13(9-19-10)14(17)15-8-7-11-3-5-12(18-2)6-4-11/h3-6,9H,7-8H2,1-2H3,(H,15,17). The summed E-state index contributed by atoms with van der Waals surface area (Å²) in [5, 5.41) is 2.80. The van der Waals surface area contributed by atoms with Gasteiger partial charge in [0.15, 0.2) is 11.6 Å². The molecule has 1 heterocycles. The van der Waals surface area contributed by atoms with Crippen LogP contribution in [0, 0.1) is 6.92 Å². The molecule has 0 saturated heterocycles. The summed E-state index contributed by atoms with van der Waals surface area (Å²) in [6, 6.07) is 7.76. The SMILES string of the molecule is COc1ccc(CCNC(=O)c2coc(C)n2)cc1. The highest BCUT2D eigenvalue weighted by Gasteiger charge is 2.09. The summed E-state index contributed by atoms with van der Waals surface area (Å²) in [7, 11) is 1.63. The van der Waals surface area contributed by atoms with Gasteiger partial charge in [-0.05, 0) is 24.1 Å². The third-order valence-corrected chi connectivity index (χ3v) is 2.71. The highest BCUT2D eigenvalue weighted by Crippen LogP contribution is 2.11. The molecule has 0 fully saturated rings. The number of amides is 1. The molecule has 5 nitrogen and oxygen atoms in total. The Hall–Kier alpha value is -2.30. The fourth-order valence-corrected chi connectivity index (χ4v) is 1.67. The number of benzene rings is 1. The van der Waals surface area contributed by atoms with Gasteiger partial charge in [-0.25, -0.2) is 4.98 Å². The van der Waals surface area contributed by atoms with Crippen molar-refractivity contribution in [1.29, 1.82) is 0 Å². The molecular formula is C14H16N2O3. The van der Waals surface area contributed by atoms with Crippen molar-refractivity contribution < 1.29 is 13.9 Å². The third-order valence-electron chi connectivity index (χ3n) is 2.71. The van der Waals surface area contributed by atoms with Crippen LogP contribution in [0.3, 0.4) is 0 Å². The van der Waals surface area contributed by atoms with E-state index in [2.05, 4.69) is 10.3 Å². The first-order chi connectivity index (χ1) is 9.19. The minimum Gasteiger partial charge on any atom is -0.497 e. The smallest absolute Gasteiger partial charge is 0.273 e. The first-order valence-corrected chi connectivity index (χ1v) is 6.02. The van der Waals surface area contributed by atoms with Crippen LogP contribution in [0.25, 0.3) is 0 Å². The molecule has 0 aliphatic carbocycles. The van der Waals surface area contributed by atoms with Gasteiger partial charge in [0.1, 0.15) is 12.0 Å². The number of aromatic nitrogens is 1. The molecule has 1 aromatic carbocycles. The predicted octanol–water partition coefficient (Wildman–Crippen LogP) is 1.96. The zero-order valence-corrected chi connectivity index (χ0v) is 11.0. The third kappa shape index (κ3) is 3.58. The van der Waals surface area contributed by atoms with Gasteiger partial charge >= 0.3 is 0 Å². The quantitative estimate of drug-likeness (QED) is 0.892. The summed E-state index contributed by atoms with van der Waals surface area (Å²) < 4.78 is 10.1. The number of methoxy groups -OCH3 is 1. The van der Waals surface area contributed by atoms with Gasteiger partial charge in [-0.1, -0.05) is 12.1 Å². The molecule has 0 aliphatic heterocycles. The molecule has 100 valence electrons. The van der Waals surface area contributed by atoms with Crippen LogP contribution in [0.2, 0.25) is 0 Å². The van der Waals surface area contributed by atoms with E-state index in [1.807, 2.05) is 24.3 Å². The summed E-state index contributed by atoms with van der Waals surface area (Å²) in [4.78, 5) is 15.7. The molecule has 0 saturated carbocycles. The van der Waals surface area contributed by atoms with Crippen molar-refractivity contribution in [1.82, 2.24) is 10.3 Å². The molecule has 0 atom stereocenters. The molecule has 0 spiro atoms. The molecule has 1 aromatic heterocycles. The number of carbonyl (C=O) groups is 1. The summed E-state index contributed by atoms with van der Waals surface area (Å²) >= 11 is 0. The van der Waals surface area contributed by atoms with Gasteiger partial charge in [0.05, 0.1) is 7.11 Å². The second-order valence-electron chi connectivity index (χ2n) is 4.11. The minimum absolute atomic E-state index is 0.217. The molecule has 0 bridgehead atoms. The monoisotopic (exact) mass is 260 g/mol. The second-order valence-corrected chi connectivity index (χ2v) is 4.11. The van der Waals surface area contributed by atoms with E-state index in [0.29, 0.717) is 18.1 Å². The van der Waals surface area contributed by atoms with E-state index in [1.54, 1.807) is 14.0 Å². The van der Waals surface area contributed by atoms with Gasteiger partial charge < -0.3 is 14.5 Å². The Morgan fingerprint density at radius 1 is 1.37 bits per heavy atom. The first-order valence-electron chi connectivity index (χ1n) is 6.02. The van der Waals surface area contributed by atoms with E-state index in [1.165, 1.54) is 6.26 Å². The largest absolute Gasteiger partial charge is 0.497 e. The number of rotatable bonds is 5. The number of oxazole rings is 1. The maximum Gasteiger partial charge on any atom is 0.273 e. The van der Waals surface area contributed by atoms with Crippen LogP contribution in [-0.2, 0) is 6.42 Å². The Bertz CT molecular complexity index is 546. The molecule has 19 heavy (non-hydrogen) atoms. The Morgan fingerprint density at radius 3 is 2.68 bits per heavy atom. The van der Waals surface area contributed by atoms with Crippen LogP contribution in [0.15, 0.2) is 34.9 Å². The number of carbonyl (C=O) groups excluding carboxylic acids is 1. The molecule has 2 rings (SSSR count). The summed E-state index contributed by atoms with van der Waals surface area (Å²) in [6.45, 7) is 2.26. The highest BCUT2D eigenvalue weighted by atomic mass is 16.5. The van der Waals surface area contributed by atoms with Crippen molar-refractivity contribution in [2.24, 2.45) is 0 Å². The minimum atomic E-state index is -0.217. The van der Waals surface area contributed by atoms with Crippen molar-refractivity contribution in [2.75, 3.05) is 13.7 Å². The topological polar surface area (TPSA) is 64.4 Å². The van der Waals surface area contributed by atoms with Crippen LogP contribution in [0.1, 0.15) is 21.9 Å². The highest BCUT2D eigenvalue weighted by molar-refractivity contribution is 5.91. The maximum absolute atomic E-state index is 11.7. The van der Waals surface area contributed by atoms with Crippen molar-refractivity contribution in [3.63, 3.8) is 0 Å². The van der Waals surface area contributed by atoms with Crippen molar-refractivity contribution in [3.8, 4) is 5.75 Å². The molecule has 0 unspecified atom stereocenters. The molecule has 0 aliphatic rings. The zero-order chi connectivity index (χ0) is 13.7. The Kier molecular flexibility index (Phi) is 4.18. The molecule has 5 heteroatoms. The van der Waals surface area contributed by atoms with Gasteiger partial charge in [-0.15, -0.1) is 0 Å². The number of aryl methyl sites for hydroxylation is 1. The number of ether oxygens (including phenoxy) is 1. The summed E-state index contributed by atoms with van der Waals surface area (Å²) in [5.74, 6) is 1.09. The average molecular weight is 260 g/mol. The normalized spacial score (nSPS) is 10.2. The van der Waals surface area contributed by atoms with Crippen LogP contribution < -0.4 is 10.1 Å². The molecule has 0 radical (unpaired) electrons. The molecule has 1 amide bonds. The maximum atomic E-state index is 11.7.